The molecule has 0 radical (unpaired) electrons. The molecule has 0 amide bonds. The first-order valence-corrected chi connectivity index (χ1v) is 12.5. The number of carbonyl (C=O) groups is 1. The van der Waals surface area contributed by atoms with Gasteiger partial charge in [-0.2, -0.15) is 0 Å². The minimum Gasteiger partial charge on any atom is -0.456 e. The number of carbonyl (C=O) groups excluding carboxylic acids is 1. The molecular formula is C31H33N3O4. The standard InChI is InChI=1S/C31H33N3O4/c1-18-13-23(19(2)34-26-10-8-7-9-22(26)30(36)38-31(3,4)5)29-24(14-18)27(35)16-28(37-29)20-11-12-21(17-33-6)25(32)15-20/h7-17,19,34H,32H2,1-6H3. The SMILES string of the molecule is CN=Cc1ccc(-c2cc(=O)c3cc(C)cc(C(C)Nc4ccccc4C(=O)OC(C)(C)C)c3o2)cc1N. The molecule has 196 valence electrons. The Labute approximate surface area is 222 Å². The number of aliphatic imine (C=N–C) groups is 1. The molecule has 7 nitrogen and oxygen atoms in total. The van der Waals surface area contributed by atoms with E-state index in [0.29, 0.717) is 39.2 Å². The van der Waals surface area contributed by atoms with Crippen molar-refractivity contribution in [1.29, 1.82) is 0 Å². The highest BCUT2D eigenvalue weighted by molar-refractivity contribution is 5.96. The van der Waals surface area contributed by atoms with Gasteiger partial charge in [-0.25, -0.2) is 4.79 Å². The Hall–Kier alpha value is -4.39. The summed E-state index contributed by atoms with van der Waals surface area (Å²) in [5, 5.41) is 3.91. The topological polar surface area (TPSA) is 107 Å². The summed E-state index contributed by atoms with van der Waals surface area (Å²) in [6, 6.07) is 17.7. The first-order chi connectivity index (χ1) is 18.0. The van der Waals surface area contributed by atoms with Gasteiger partial charge in [-0.05, 0) is 64.4 Å². The van der Waals surface area contributed by atoms with Crippen molar-refractivity contribution in [2.75, 3.05) is 18.1 Å². The Bertz CT molecular complexity index is 1600. The molecule has 0 aliphatic rings. The first-order valence-electron chi connectivity index (χ1n) is 12.5. The Morgan fingerprint density at radius 1 is 1.11 bits per heavy atom. The van der Waals surface area contributed by atoms with Crippen molar-refractivity contribution in [1.82, 2.24) is 0 Å². The third-order valence-corrected chi connectivity index (χ3v) is 6.03. The maximum absolute atomic E-state index is 13.2. The van der Waals surface area contributed by atoms with Gasteiger partial charge in [0.15, 0.2) is 5.43 Å². The minimum atomic E-state index is -0.618. The quantitative estimate of drug-likeness (QED) is 0.173. The number of esters is 1. The van der Waals surface area contributed by atoms with Crippen molar-refractivity contribution >= 4 is 34.5 Å². The second-order valence-electron chi connectivity index (χ2n) is 10.4. The molecule has 1 atom stereocenters. The van der Waals surface area contributed by atoms with Crippen LogP contribution in [0.3, 0.4) is 0 Å². The molecule has 0 fully saturated rings. The number of nitrogens with two attached hydrogens (primary N) is 1. The van der Waals surface area contributed by atoms with Crippen LogP contribution >= 0.6 is 0 Å². The van der Waals surface area contributed by atoms with Crippen molar-refractivity contribution < 1.29 is 13.9 Å². The van der Waals surface area contributed by atoms with Crippen LogP contribution in [0.2, 0.25) is 0 Å². The van der Waals surface area contributed by atoms with Crippen LogP contribution in [-0.4, -0.2) is 24.8 Å². The van der Waals surface area contributed by atoms with Crippen LogP contribution in [0.15, 0.2) is 74.9 Å². The van der Waals surface area contributed by atoms with Gasteiger partial charge in [0.05, 0.1) is 17.0 Å². The van der Waals surface area contributed by atoms with Crippen LogP contribution in [-0.2, 0) is 4.74 Å². The fourth-order valence-corrected chi connectivity index (χ4v) is 4.31. The largest absolute Gasteiger partial charge is 0.456 e. The van der Waals surface area contributed by atoms with E-state index in [1.165, 1.54) is 6.07 Å². The van der Waals surface area contributed by atoms with Gasteiger partial charge in [-0.3, -0.25) is 9.79 Å². The normalized spacial score (nSPS) is 12.6. The van der Waals surface area contributed by atoms with E-state index < -0.39 is 11.6 Å². The summed E-state index contributed by atoms with van der Waals surface area (Å²) in [4.78, 5) is 30.1. The van der Waals surface area contributed by atoms with Gasteiger partial charge >= 0.3 is 5.97 Å². The van der Waals surface area contributed by atoms with Crippen LogP contribution in [0.1, 0.15) is 60.8 Å². The van der Waals surface area contributed by atoms with Crippen molar-refractivity contribution in [3.8, 4) is 11.3 Å². The molecule has 7 heteroatoms. The molecule has 0 saturated carbocycles. The van der Waals surface area contributed by atoms with Crippen LogP contribution in [0.4, 0.5) is 11.4 Å². The van der Waals surface area contributed by atoms with Gasteiger partial charge in [-0.15, -0.1) is 0 Å². The molecule has 1 unspecified atom stereocenters. The molecule has 0 aliphatic heterocycles. The lowest BCUT2D eigenvalue weighted by Crippen LogP contribution is -2.24. The summed E-state index contributed by atoms with van der Waals surface area (Å²) in [5.41, 5.74) is 10.7. The molecule has 0 spiro atoms. The summed E-state index contributed by atoms with van der Waals surface area (Å²) >= 11 is 0. The van der Waals surface area contributed by atoms with Crippen LogP contribution in [0, 0.1) is 6.92 Å². The van der Waals surface area contributed by atoms with E-state index in [4.69, 9.17) is 14.9 Å². The molecule has 1 aromatic heterocycles. The number of anilines is 2. The van der Waals surface area contributed by atoms with Crippen molar-refractivity contribution in [3.05, 3.63) is 93.1 Å². The average molecular weight is 512 g/mol. The highest BCUT2D eigenvalue weighted by Gasteiger charge is 2.22. The molecule has 38 heavy (non-hydrogen) atoms. The molecule has 4 aromatic rings. The number of benzene rings is 3. The number of ether oxygens (including phenoxy) is 1. The summed E-state index contributed by atoms with van der Waals surface area (Å²) in [5.74, 6) is 0.00511. The zero-order chi connectivity index (χ0) is 27.6. The molecule has 0 bridgehead atoms. The van der Waals surface area contributed by atoms with Gasteiger partial charge in [0.2, 0.25) is 0 Å². The number of hydrogen-bond acceptors (Lipinski definition) is 7. The minimum absolute atomic E-state index is 0.148. The van der Waals surface area contributed by atoms with E-state index in [1.54, 1.807) is 31.5 Å². The van der Waals surface area contributed by atoms with E-state index in [9.17, 15) is 9.59 Å². The monoisotopic (exact) mass is 511 g/mol. The highest BCUT2D eigenvalue weighted by atomic mass is 16.6. The number of nitrogens with one attached hydrogen (secondary N) is 1. The first kappa shape index (κ1) is 26.7. The van der Waals surface area contributed by atoms with Crippen LogP contribution < -0.4 is 16.5 Å². The predicted octanol–water partition coefficient (Wildman–Crippen LogP) is 6.53. The molecule has 0 saturated heterocycles. The third-order valence-electron chi connectivity index (χ3n) is 6.03. The molecule has 4 rings (SSSR count). The second-order valence-corrected chi connectivity index (χ2v) is 10.4. The fourth-order valence-electron chi connectivity index (χ4n) is 4.31. The maximum Gasteiger partial charge on any atom is 0.340 e. The van der Waals surface area contributed by atoms with E-state index in [1.807, 2.05) is 71.0 Å². The number of fused-ring (bicyclic) bond motifs is 1. The summed E-state index contributed by atoms with van der Waals surface area (Å²) in [7, 11) is 1.68. The zero-order valence-electron chi connectivity index (χ0n) is 22.6. The van der Waals surface area contributed by atoms with Gasteiger partial charge in [-0.1, -0.05) is 30.3 Å². The van der Waals surface area contributed by atoms with Gasteiger partial charge in [0, 0.05) is 47.4 Å². The number of rotatable bonds is 6. The average Bonchev–Trinajstić information content (AvgIpc) is 2.84. The number of hydrogen-bond donors (Lipinski definition) is 2. The van der Waals surface area contributed by atoms with E-state index in [2.05, 4.69) is 10.3 Å². The zero-order valence-corrected chi connectivity index (χ0v) is 22.6. The molecule has 3 aromatic carbocycles. The molecule has 1 heterocycles. The Balaban J connectivity index is 1.78. The number of nitrogens with zero attached hydrogens (tertiary/aromatic N) is 1. The Morgan fingerprint density at radius 2 is 1.84 bits per heavy atom. The Kier molecular flexibility index (Phi) is 7.39. The lowest BCUT2D eigenvalue weighted by atomic mass is 10.00. The van der Waals surface area contributed by atoms with Crippen molar-refractivity contribution in [3.63, 3.8) is 0 Å². The predicted molar refractivity (Wildman–Crippen MR) is 154 cm³/mol. The highest BCUT2D eigenvalue weighted by Crippen LogP contribution is 2.32. The van der Waals surface area contributed by atoms with Crippen LogP contribution in [0.5, 0.6) is 0 Å². The lowest BCUT2D eigenvalue weighted by Gasteiger charge is -2.23. The molecule has 0 aliphatic carbocycles. The summed E-state index contributed by atoms with van der Waals surface area (Å²) < 4.78 is 11.9. The summed E-state index contributed by atoms with van der Waals surface area (Å²) in [6.45, 7) is 9.40. The van der Waals surface area contributed by atoms with E-state index >= 15 is 0 Å². The van der Waals surface area contributed by atoms with Gasteiger partial charge in [0.1, 0.15) is 16.9 Å². The number of para-hydroxylation sites is 1. The van der Waals surface area contributed by atoms with E-state index in [0.717, 1.165) is 16.7 Å². The summed E-state index contributed by atoms with van der Waals surface area (Å²) in [6.07, 6.45) is 1.68. The lowest BCUT2D eigenvalue weighted by molar-refractivity contribution is 0.00706. The molecular weight excluding hydrogens is 478 g/mol. The van der Waals surface area contributed by atoms with Gasteiger partial charge < -0.3 is 20.2 Å². The fraction of sp³-hybridized carbons (Fsp3) is 0.258. The maximum atomic E-state index is 13.2. The third kappa shape index (κ3) is 5.78. The van der Waals surface area contributed by atoms with Crippen molar-refractivity contribution in [2.24, 2.45) is 4.99 Å². The second kappa shape index (κ2) is 10.5. The van der Waals surface area contributed by atoms with Crippen molar-refractivity contribution in [2.45, 2.75) is 46.3 Å². The van der Waals surface area contributed by atoms with Gasteiger partial charge in [0.25, 0.3) is 0 Å². The molecule has 3 N–H and O–H groups in total. The number of aryl methyl sites for hydroxylation is 1. The van der Waals surface area contributed by atoms with E-state index in [-0.39, 0.29) is 11.5 Å². The Morgan fingerprint density at radius 3 is 2.53 bits per heavy atom. The van der Waals surface area contributed by atoms with Crippen LogP contribution in [0.25, 0.3) is 22.3 Å². The smallest absolute Gasteiger partial charge is 0.340 e. The number of nitrogen functional groups attached to an aromatic ring is 1.